The average molecular weight is 303 g/mol. The van der Waals surface area contributed by atoms with Crippen molar-refractivity contribution >= 4 is 11.8 Å². The molecule has 0 saturated carbocycles. The van der Waals surface area contributed by atoms with E-state index in [1.54, 1.807) is 12.1 Å². The van der Waals surface area contributed by atoms with Gasteiger partial charge in [0, 0.05) is 38.2 Å². The summed E-state index contributed by atoms with van der Waals surface area (Å²) in [6.45, 7) is 2.64. The smallest absolute Gasteiger partial charge is 0.251 e. The molecule has 2 rings (SSSR count). The molecule has 1 aliphatic heterocycles. The quantitative estimate of drug-likeness (QED) is 0.785. The zero-order chi connectivity index (χ0) is 15.8. The molecule has 1 fully saturated rings. The number of likely N-dealkylation sites (tertiary alicyclic amines) is 1. The average Bonchev–Trinajstić information content (AvgIpc) is 2.76. The van der Waals surface area contributed by atoms with Crippen molar-refractivity contribution < 1.29 is 9.59 Å². The van der Waals surface area contributed by atoms with Crippen LogP contribution in [-0.4, -0.2) is 36.3 Å². The number of nitrogens with two attached hydrogens (primary N) is 1. The number of rotatable bonds is 6. The number of hydrogen-bond acceptors (Lipinski definition) is 3. The molecule has 5 heteroatoms. The first-order valence-corrected chi connectivity index (χ1v) is 8.05. The van der Waals surface area contributed by atoms with E-state index in [2.05, 4.69) is 5.32 Å². The SMILES string of the molecule is NCc1ccc(C(=O)NCCCN2CCCCCC2=O)cc1. The second-order valence-electron chi connectivity index (χ2n) is 5.70. The molecule has 0 aromatic heterocycles. The molecule has 5 nitrogen and oxygen atoms in total. The Hall–Kier alpha value is -1.88. The monoisotopic (exact) mass is 303 g/mol. The van der Waals surface area contributed by atoms with Crippen LogP contribution in [0.5, 0.6) is 0 Å². The van der Waals surface area contributed by atoms with Gasteiger partial charge in [-0.2, -0.15) is 0 Å². The van der Waals surface area contributed by atoms with Crippen LogP contribution in [0.1, 0.15) is 48.0 Å². The van der Waals surface area contributed by atoms with Gasteiger partial charge in [-0.25, -0.2) is 0 Å². The second kappa shape index (κ2) is 8.54. The highest BCUT2D eigenvalue weighted by Gasteiger charge is 2.15. The fourth-order valence-corrected chi connectivity index (χ4v) is 2.64. The summed E-state index contributed by atoms with van der Waals surface area (Å²) in [6, 6.07) is 7.31. The number of nitrogens with zero attached hydrogens (tertiary/aromatic N) is 1. The molecule has 0 spiro atoms. The summed E-state index contributed by atoms with van der Waals surface area (Å²) in [6.07, 6.45) is 4.69. The molecule has 0 aliphatic carbocycles. The van der Waals surface area contributed by atoms with Gasteiger partial charge in [-0.3, -0.25) is 9.59 Å². The van der Waals surface area contributed by atoms with Crippen molar-refractivity contribution in [3.05, 3.63) is 35.4 Å². The van der Waals surface area contributed by atoms with Crippen LogP contribution < -0.4 is 11.1 Å². The predicted octanol–water partition coefficient (Wildman–Crippen LogP) is 1.67. The van der Waals surface area contributed by atoms with Crippen LogP contribution in [0.2, 0.25) is 0 Å². The highest BCUT2D eigenvalue weighted by Crippen LogP contribution is 2.11. The van der Waals surface area contributed by atoms with Crippen molar-refractivity contribution in [1.29, 1.82) is 0 Å². The third-order valence-corrected chi connectivity index (χ3v) is 4.01. The molecule has 0 bridgehead atoms. The lowest BCUT2D eigenvalue weighted by Crippen LogP contribution is -2.34. The van der Waals surface area contributed by atoms with Gasteiger partial charge >= 0.3 is 0 Å². The number of carbonyl (C=O) groups excluding carboxylic acids is 2. The molecule has 3 N–H and O–H groups in total. The van der Waals surface area contributed by atoms with Crippen LogP contribution in [0, 0.1) is 0 Å². The van der Waals surface area contributed by atoms with E-state index in [1.165, 1.54) is 0 Å². The summed E-state index contributed by atoms with van der Waals surface area (Å²) in [5.74, 6) is 0.173. The lowest BCUT2D eigenvalue weighted by Gasteiger charge is -2.20. The summed E-state index contributed by atoms with van der Waals surface area (Å²) in [5.41, 5.74) is 7.19. The molecule has 0 radical (unpaired) electrons. The molecule has 1 saturated heterocycles. The van der Waals surface area contributed by atoms with Gasteiger partial charge in [0.1, 0.15) is 0 Å². The van der Waals surface area contributed by atoms with Gasteiger partial charge in [0.05, 0.1) is 0 Å². The number of hydrogen-bond donors (Lipinski definition) is 2. The summed E-state index contributed by atoms with van der Waals surface area (Å²) >= 11 is 0. The Labute approximate surface area is 131 Å². The van der Waals surface area contributed by atoms with Crippen LogP contribution in [0.3, 0.4) is 0 Å². The number of amides is 2. The molecule has 1 aromatic rings. The van der Waals surface area contributed by atoms with Crippen molar-refractivity contribution in [1.82, 2.24) is 10.2 Å². The molecule has 22 heavy (non-hydrogen) atoms. The second-order valence-corrected chi connectivity index (χ2v) is 5.70. The highest BCUT2D eigenvalue weighted by atomic mass is 16.2. The molecule has 1 aliphatic rings. The Morgan fingerprint density at radius 3 is 2.68 bits per heavy atom. The highest BCUT2D eigenvalue weighted by molar-refractivity contribution is 5.94. The molecular weight excluding hydrogens is 278 g/mol. The molecule has 120 valence electrons. The first-order valence-electron chi connectivity index (χ1n) is 8.05. The van der Waals surface area contributed by atoms with Gasteiger partial charge in [-0.1, -0.05) is 18.6 Å². The third-order valence-electron chi connectivity index (χ3n) is 4.01. The van der Waals surface area contributed by atoms with Crippen LogP contribution >= 0.6 is 0 Å². The normalized spacial score (nSPS) is 15.5. The fourth-order valence-electron chi connectivity index (χ4n) is 2.64. The van der Waals surface area contributed by atoms with E-state index in [1.807, 2.05) is 17.0 Å². The summed E-state index contributed by atoms with van der Waals surface area (Å²) < 4.78 is 0. The Morgan fingerprint density at radius 2 is 1.95 bits per heavy atom. The van der Waals surface area contributed by atoms with E-state index in [0.29, 0.717) is 25.1 Å². The van der Waals surface area contributed by atoms with Crippen LogP contribution in [-0.2, 0) is 11.3 Å². The predicted molar refractivity (Wildman–Crippen MR) is 86.3 cm³/mol. The minimum absolute atomic E-state index is 0.0780. The maximum absolute atomic E-state index is 12.0. The third kappa shape index (κ3) is 4.84. The van der Waals surface area contributed by atoms with Gasteiger partial charge in [0.2, 0.25) is 5.91 Å². The zero-order valence-electron chi connectivity index (χ0n) is 13.0. The standard InChI is InChI=1S/C17H25N3O2/c18-13-14-6-8-15(9-7-14)17(22)19-10-4-12-20-11-3-1-2-5-16(20)21/h6-9H,1-5,10-13,18H2,(H,19,22). The summed E-state index contributed by atoms with van der Waals surface area (Å²) in [7, 11) is 0. The first-order chi connectivity index (χ1) is 10.7. The maximum atomic E-state index is 12.0. The lowest BCUT2D eigenvalue weighted by molar-refractivity contribution is -0.130. The van der Waals surface area contributed by atoms with Crippen LogP contribution in [0.15, 0.2) is 24.3 Å². The summed E-state index contributed by atoms with van der Waals surface area (Å²) in [5, 5.41) is 2.90. The Kier molecular flexibility index (Phi) is 6.40. The Bertz CT molecular complexity index is 499. The number of benzene rings is 1. The van der Waals surface area contributed by atoms with Crippen LogP contribution in [0.25, 0.3) is 0 Å². The minimum Gasteiger partial charge on any atom is -0.352 e. The van der Waals surface area contributed by atoms with Gasteiger partial charge in [-0.15, -0.1) is 0 Å². The van der Waals surface area contributed by atoms with Crippen molar-refractivity contribution in [2.45, 2.75) is 38.6 Å². The van der Waals surface area contributed by atoms with Crippen molar-refractivity contribution in [2.24, 2.45) is 5.73 Å². The maximum Gasteiger partial charge on any atom is 0.251 e. The van der Waals surface area contributed by atoms with E-state index in [4.69, 9.17) is 5.73 Å². The molecule has 0 unspecified atom stereocenters. The molecule has 2 amide bonds. The van der Waals surface area contributed by atoms with Gasteiger partial charge in [0.25, 0.3) is 5.91 Å². The van der Waals surface area contributed by atoms with E-state index in [-0.39, 0.29) is 11.8 Å². The van der Waals surface area contributed by atoms with E-state index >= 15 is 0 Å². The van der Waals surface area contributed by atoms with Crippen LogP contribution in [0.4, 0.5) is 0 Å². The molecule has 1 heterocycles. The minimum atomic E-state index is -0.0780. The van der Waals surface area contributed by atoms with E-state index in [9.17, 15) is 9.59 Å². The van der Waals surface area contributed by atoms with Crippen molar-refractivity contribution in [3.63, 3.8) is 0 Å². The van der Waals surface area contributed by atoms with Crippen molar-refractivity contribution in [2.75, 3.05) is 19.6 Å². The number of carbonyl (C=O) groups is 2. The number of nitrogens with one attached hydrogen (secondary N) is 1. The van der Waals surface area contributed by atoms with Gasteiger partial charge < -0.3 is 16.0 Å². The molecule has 1 aromatic carbocycles. The lowest BCUT2D eigenvalue weighted by atomic mass is 10.1. The molecule has 0 atom stereocenters. The van der Waals surface area contributed by atoms with Gasteiger partial charge in [0.15, 0.2) is 0 Å². The van der Waals surface area contributed by atoms with Crippen molar-refractivity contribution in [3.8, 4) is 0 Å². The first kappa shape index (κ1) is 16.5. The topological polar surface area (TPSA) is 75.4 Å². The Morgan fingerprint density at radius 1 is 1.18 bits per heavy atom. The summed E-state index contributed by atoms with van der Waals surface area (Å²) in [4.78, 5) is 25.8. The largest absolute Gasteiger partial charge is 0.352 e. The Balaban J connectivity index is 1.71. The van der Waals surface area contributed by atoms with E-state index in [0.717, 1.165) is 44.3 Å². The molecular formula is C17H25N3O2. The van der Waals surface area contributed by atoms with Gasteiger partial charge in [-0.05, 0) is 37.0 Å². The fraction of sp³-hybridized carbons (Fsp3) is 0.529. The van der Waals surface area contributed by atoms with E-state index < -0.39 is 0 Å². The zero-order valence-corrected chi connectivity index (χ0v) is 13.0.